The van der Waals surface area contributed by atoms with Gasteiger partial charge in [0.1, 0.15) is 0 Å². The van der Waals surface area contributed by atoms with E-state index in [0.29, 0.717) is 12.1 Å². The molecular weight excluding hydrogens is 294 g/mol. The van der Waals surface area contributed by atoms with Crippen LogP contribution in [0.4, 0.5) is 0 Å². The molecule has 0 aromatic heterocycles. The van der Waals surface area contributed by atoms with Gasteiger partial charge < -0.3 is 5.73 Å². The molecule has 2 aromatic rings. The maximum atomic E-state index is 8.83. The van der Waals surface area contributed by atoms with E-state index >= 15 is 0 Å². The van der Waals surface area contributed by atoms with E-state index in [9.17, 15) is 0 Å². The van der Waals surface area contributed by atoms with E-state index in [1.807, 2.05) is 30.3 Å². The lowest BCUT2D eigenvalue weighted by Crippen LogP contribution is -2.31. The van der Waals surface area contributed by atoms with E-state index in [4.69, 9.17) is 11.0 Å². The van der Waals surface area contributed by atoms with Gasteiger partial charge in [-0.05, 0) is 29.7 Å². The molecule has 0 saturated carbocycles. The predicted molar refractivity (Wildman–Crippen MR) is 92.9 cm³/mol. The van der Waals surface area contributed by atoms with Gasteiger partial charge in [-0.25, -0.2) is 0 Å². The van der Waals surface area contributed by atoms with Crippen molar-refractivity contribution in [1.29, 1.82) is 5.26 Å². The lowest BCUT2D eigenvalue weighted by atomic mass is 10.1. The second-order valence-electron chi connectivity index (χ2n) is 5.11. The van der Waals surface area contributed by atoms with Crippen molar-refractivity contribution in [3.8, 4) is 6.07 Å². The van der Waals surface area contributed by atoms with Crippen LogP contribution >= 0.6 is 12.4 Å². The summed E-state index contributed by atoms with van der Waals surface area (Å²) in [5, 5.41) is 8.83. The number of nitriles is 1. The van der Waals surface area contributed by atoms with Crippen molar-refractivity contribution in [1.82, 2.24) is 4.90 Å². The first kappa shape index (κ1) is 18.2. The fourth-order valence-electron chi connectivity index (χ4n) is 2.33. The fourth-order valence-corrected chi connectivity index (χ4v) is 2.33. The SMILES string of the molecule is Cl.N#Cc1ccc(CN(CCN)CCc2ccccc2)cc1. The van der Waals surface area contributed by atoms with E-state index in [1.54, 1.807) is 0 Å². The molecule has 0 spiro atoms. The minimum atomic E-state index is 0. The van der Waals surface area contributed by atoms with Crippen LogP contribution in [0.3, 0.4) is 0 Å². The molecule has 3 nitrogen and oxygen atoms in total. The first-order valence-corrected chi connectivity index (χ1v) is 7.27. The summed E-state index contributed by atoms with van der Waals surface area (Å²) in [5.74, 6) is 0. The van der Waals surface area contributed by atoms with E-state index in [2.05, 4.69) is 35.2 Å². The molecule has 0 heterocycles. The lowest BCUT2D eigenvalue weighted by molar-refractivity contribution is 0.276. The summed E-state index contributed by atoms with van der Waals surface area (Å²) in [6.07, 6.45) is 1.02. The zero-order chi connectivity index (χ0) is 14.9. The molecule has 0 aliphatic heterocycles. The van der Waals surface area contributed by atoms with Crippen molar-refractivity contribution in [3.63, 3.8) is 0 Å². The van der Waals surface area contributed by atoms with Crippen LogP contribution in [0.5, 0.6) is 0 Å². The highest BCUT2D eigenvalue weighted by Crippen LogP contribution is 2.08. The van der Waals surface area contributed by atoms with Gasteiger partial charge >= 0.3 is 0 Å². The number of rotatable bonds is 7. The third kappa shape index (κ3) is 5.87. The average Bonchev–Trinajstić information content (AvgIpc) is 2.54. The van der Waals surface area contributed by atoms with Gasteiger partial charge in [-0.1, -0.05) is 42.5 Å². The normalized spacial score (nSPS) is 10.0. The van der Waals surface area contributed by atoms with E-state index < -0.39 is 0 Å². The zero-order valence-electron chi connectivity index (χ0n) is 12.6. The summed E-state index contributed by atoms with van der Waals surface area (Å²) in [4.78, 5) is 2.36. The molecule has 2 aromatic carbocycles. The van der Waals surface area contributed by atoms with Crippen LogP contribution < -0.4 is 5.73 Å². The van der Waals surface area contributed by atoms with Crippen LogP contribution in [0.1, 0.15) is 16.7 Å². The molecule has 0 saturated heterocycles. The minimum absolute atomic E-state index is 0. The minimum Gasteiger partial charge on any atom is -0.329 e. The molecule has 0 aliphatic carbocycles. The Kier molecular flexibility index (Phi) is 8.24. The highest BCUT2D eigenvalue weighted by atomic mass is 35.5. The first-order valence-electron chi connectivity index (χ1n) is 7.27. The Morgan fingerprint density at radius 2 is 1.59 bits per heavy atom. The van der Waals surface area contributed by atoms with E-state index in [1.165, 1.54) is 11.1 Å². The second-order valence-corrected chi connectivity index (χ2v) is 5.11. The van der Waals surface area contributed by atoms with Crippen LogP contribution in [0, 0.1) is 11.3 Å². The summed E-state index contributed by atoms with van der Waals surface area (Å²) in [6.45, 7) is 3.40. The third-order valence-electron chi connectivity index (χ3n) is 3.49. The summed E-state index contributed by atoms with van der Waals surface area (Å²) in [6, 6.07) is 20.4. The summed E-state index contributed by atoms with van der Waals surface area (Å²) >= 11 is 0. The second kappa shape index (κ2) is 9.97. The van der Waals surface area contributed by atoms with Crippen LogP contribution in [0.25, 0.3) is 0 Å². The highest BCUT2D eigenvalue weighted by Gasteiger charge is 2.06. The van der Waals surface area contributed by atoms with Crippen LogP contribution in [-0.2, 0) is 13.0 Å². The predicted octanol–water partition coefficient (Wildman–Crippen LogP) is 2.98. The van der Waals surface area contributed by atoms with Gasteiger partial charge in [0.2, 0.25) is 0 Å². The molecule has 0 unspecified atom stereocenters. The molecule has 0 fully saturated rings. The number of nitrogens with two attached hydrogens (primary N) is 1. The van der Waals surface area contributed by atoms with Crippen molar-refractivity contribution in [3.05, 3.63) is 71.3 Å². The molecule has 0 bridgehead atoms. The summed E-state index contributed by atoms with van der Waals surface area (Å²) in [7, 11) is 0. The molecule has 4 heteroatoms. The molecule has 0 aliphatic rings. The molecule has 0 amide bonds. The fraction of sp³-hybridized carbons (Fsp3) is 0.278. The van der Waals surface area contributed by atoms with Gasteiger partial charge in [0.25, 0.3) is 0 Å². The first-order chi connectivity index (χ1) is 10.3. The summed E-state index contributed by atoms with van der Waals surface area (Å²) in [5.41, 5.74) is 8.98. The smallest absolute Gasteiger partial charge is 0.0991 e. The Morgan fingerprint density at radius 1 is 0.909 bits per heavy atom. The molecule has 22 heavy (non-hydrogen) atoms. The van der Waals surface area contributed by atoms with Crippen molar-refractivity contribution in [2.24, 2.45) is 5.73 Å². The van der Waals surface area contributed by atoms with Crippen molar-refractivity contribution < 1.29 is 0 Å². The van der Waals surface area contributed by atoms with Gasteiger partial charge in [0, 0.05) is 26.2 Å². The number of hydrogen-bond acceptors (Lipinski definition) is 3. The molecule has 2 rings (SSSR count). The average molecular weight is 316 g/mol. The van der Waals surface area contributed by atoms with E-state index in [0.717, 1.165) is 26.1 Å². The quantitative estimate of drug-likeness (QED) is 0.854. The molecular formula is C18H22ClN3. The van der Waals surface area contributed by atoms with Crippen molar-refractivity contribution in [2.45, 2.75) is 13.0 Å². The zero-order valence-corrected chi connectivity index (χ0v) is 13.4. The lowest BCUT2D eigenvalue weighted by Gasteiger charge is -2.21. The molecule has 0 atom stereocenters. The number of benzene rings is 2. The maximum Gasteiger partial charge on any atom is 0.0991 e. The maximum absolute atomic E-state index is 8.83. The Bertz CT molecular complexity index is 576. The number of hydrogen-bond donors (Lipinski definition) is 1. The number of nitrogens with zero attached hydrogens (tertiary/aromatic N) is 2. The molecule has 2 N–H and O–H groups in total. The highest BCUT2D eigenvalue weighted by molar-refractivity contribution is 5.85. The van der Waals surface area contributed by atoms with Gasteiger partial charge in [0.15, 0.2) is 0 Å². The molecule has 0 radical (unpaired) electrons. The Labute approximate surface area is 138 Å². The van der Waals surface area contributed by atoms with Crippen LogP contribution in [0.15, 0.2) is 54.6 Å². The van der Waals surface area contributed by atoms with Crippen LogP contribution in [-0.4, -0.2) is 24.5 Å². The van der Waals surface area contributed by atoms with E-state index in [-0.39, 0.29) is 12.4 Å². The van der Waals surface area contributed by atoms with Gasteiger partial charge in [-0.2, -0.15) is 5.26 Å². The Balaban J connectivity index is 0.00000242. The van der Waals surface area contributed by atoms with Gasteiger partial charge in [-0.15, -0.1) is 12.4 Å². The standard InChI is InChI=1S/C18H21N3.ClH/c19-11-13-21(12-10-16-4-2-1-3-5-16)15-18-8-6-17(14-20)7-9-18;/h1-9H,10-13,15,19H2;1H. The van der Waals surface area contributed by atoms with Crippen molar-refractivity contribution >= 4 is 12.4 Å². The number of halogens is 1. The summed E-state index contributed by atoms with van der Waals surface area (Å²) < 4.78 is 0. The third-order valence-corrected chi connectivity index (χ3v) is 3.49. The Morgan fingerprint density at radius 3 is 2.18 bits per heavy atom. The van der Waals surface area contributed by atoms with Gasteiger partial charge in [-0.3, -0.25) is 4.90 Å². The van der Waals surface area contributed by atoms with Crippen molar-refractivity contribution in [2.75, 3.05) is 19.6 Å². The topological polar surface area (TPSA) is 53.0 Å². The Hall–Kier alpha value is -1.86. The van der Waals surface area contributed by atoms with Gasteiger partial charge in [0.05, 0.1) is 11.6 Å². The largest absolute Gasteiger partial charge is 0.329 e. The van der Waals surface area contributed by atoms with Crippen LogP contribution in [0.2, 0.25) is 0 Å². The molecule has 116 valence electrons. The monoisotopic (exact) mass is 315 g/mol.